The minimum atomic E-state index is 0.411. The van der Waals surface area contributed by atoms with Gasteiger partial charge in [0.15, 0.2) is 0 Å². The lowest BCUT2D eigenvalue weighted by atomic mass is 9.86. The molecule has 3 unspecified atom stereocenters. The summed E-state index contributed by atoms with van der Waals surface area (Å²) < 4.78 is 0. The molecule has 1 aliphatic rings. The summed E-state index contributed by atoms with van der Waals surface area (Å²) in [5.41, 5.74) is 7.21. The van der Waals surface area contributed by atoms with Crippen LogP contribution in [0.1, 0.15) is 54.2 Å². The molecule has 1 fully saturated rings. The van der Waals surface area contributed by atoms with Crippen LogP contribution < -0.4 is 11.1 Å². The minimum absolute atomic E-state index is 0.411. The molecule has 1 aromatic heterocycles. The largest absolute Gasteiger partial charge is 0.328 e. The van der Waals surface area contributed by atoms with Crippen molar-refractivity contribution in [3.63, 3.8) is 0 Å². The van der Waals surface area contributed by atoms with Gasteiger partial charge in [-0.05, 0) is 52.5 Å². The van der Waals surface area contributed by atoms with Crippen LogP contribution in [0.2, 0.25) is 0 Å². The first-order valence-corrected chi connectivity index (χ1v) is 7.80. The van der Waals surface area contributed by atoms with Crippen LogP contribution >= 0.6 is 11.3 Å². The molecule has 1 aromatic rings. The minimum Gasteiger partial charge on any atom is -0.328 e. The monoisotopic (exact) mass is 267 g/mol. The van der Waals surface area contributed by atoms with Crippen LogP contribution in [0.15, 0.2) is 0 Å². The van der Waals surface area contributed by atoms with Gasteiger partial charge in [-0.15, -0.1) is 11.3 Å². The maximum atomic E-state index is 6.03. The second-order valence-electron chi connectivity index (χ2n) is 5.61. The van der Waals surface area contributed by atoms with Gasteiger partial charge in [0.25, 0.3) is 0 Å². The Morgan fingerprint density at radius 3 is 2.83 bits per heavy atom. The molecular formula is C14H25N3S. The fraction of sp³-hybridized carbons (Fsp3) is 0.786. The topological polar surface area (TPSA) is 50.9 Å². The summed E-state index contributed by atoms with van der Waals surface area (Å²) in [6, 6.07) is 0.836. The zero-order valence-electron chi connectivity index (χ0n) is 11.7. The number of thiazole rings is 1. The van der Waals surface area contributed by atoms with E-state index in [4.69, 9.17) is 5.73 Å². The highest BCUT2D eigenvalue weighted by atomic mass is 32.1. The average Bonchev–Trinajstić information content (AvgIpc) is 2.66. The zero-order valence-corrected chi connectivity index (χ0v) is 12.5. The van der Waals surface area contributed by atoms with Crippen molar-refractivity contribution < 1.29 is 0 Å². The summed E-state index contributed by atoms with van der Waals surface area (Å²) >= 11 is 1.81. The van der Waals surface area contributed by atoms with Gasteiger partial charge in [-0.2, -0.15) is 0 Å². The zero-order chi connectivity index (χ0) is 13.1. The van der Waals surface area contributed by atoms with Crippen molar-refractivity contribution in [3.8, 4) is 0 Å². The Bertz CT molecular complexity index is 388. The second-order valence-corrected chi connectivity index (χ2v) is 6.84. The van der Waals surface area contributed by atoms with Crippen molar-refractivity contribution in [2.45, 2.75) is 58.5 Å². The van der Waals surface area contributed by atoms with Gasteiger partial charge in [-0.1, -0.05) is 6.42 Å². The van der Waals surface area contributed by atoms with Crippen molar-refractivity contribution in [2.24, 2.45) is 11.7 Å². The lowest BCUT2D eigenvalue weighted by Crippen LogP contribution is -2.34. The first-order chi connectivity index (χ1) is 8.56. The molecule has 3 nitrogen and oxygen atoms in total. The van der Waals surface area contributed by atoms with E-state index in [1.165, 1.54) is 36.3 Å². The van der Waals surface area contributed by atoms with Gasteiger partial charge in [0.1, 0.15) is 0 Å². The van der Waals surface area contributed by atoms with Gasteiger partial charge < -0.3 is 11.1 Å². The van der Waals surface area contributed by atoms with Crippen molar-refractivity contribution in [2.75, 3.05) is 6.54 Å². The van der Waals surface area contributed by atoms with E-state index < -0.39 is 0 Å². The summed E-state index contributed by atoms with van der Waals surface area (Å²) in [5, 5.41) is 4.82. The van der Waals surface area contributed by atoms with E-state index in [2.05, 4.69) is 31.1 Å². The number of nitrogens with two attached hydrogens (primary N) is 1. The number of aryl methyl sites for hydroxylation is 2. The molecule has 2 rings (SSSR count). The number of aromatic nitrogens is 1. The molecule has 0 aliphatic heterocycles. The molecule has 1 heterocycles. The van der Waals surface area contributed by atoms with Crippen LogP contribution in [0, 0.1) is 19.8 Å². The van der Waals surface area contributed by atoms with E-state index in [0.29, 0.717) is 12.1 Å². The van der Waals surface area contributed by atoms with E-state index >= 15 is 0 Å². The fourth-order valence-corrected chi connectivity index (χ4v) is 3.86. The lowest BCUT2D eigenvalue weighted by Gasteiger charge is -2.27. The molecule has 0 aromatic carbocycles. The number of hydrogen-bond donors (Lipinski definition) is 2. The summed E-state index contributed by atoms with van der Waals surface area (Å²) in [6.07, 6.45) is 5.01. The average molecular weight is 267 g/mol. The molecule has 18 heavy (non-hydrogen) atoms. The van der Waals surface area contributed by atoms with Crippen molar-refractivity contribution in [3.05, 3.63) is 15.6 Å². The quantitative estimate of drug-likeness (QED) is 0.882. The summed E-state index contributed by atoms with van der Waals surface area (Å²) in [7, 11) is 0. The lowest BCUT2D eigenvalue weighted by molar-refractivity contribution is 0.303. The van der Waals surface area contributed by atoms with Gasteiger partial charge in [0.2, 0.25) is 0 Å². The fourth-order valence-electron chi connectivity index (χ4n) is 2.90. The molecule has 1 saturated carbocycles. The highest BCUT2D eigenvalue weighted by molar-refractivity contribution is 7.11. The van der Waals surface area contributed by atoms with Crippen LogP contribution in [0.25, 0.3) is 0 Å². The van der Waals surface area contributed by atoms with Crippen LogP contribution in [0.4, 0.5) is 0 Å². The summed E-state index contributed by atoms with van der Waals surface area (Å²) in [6.45, 7) is 7.51. The highest BCUT2D eigenvalue weighted by Gasteiger charge is 2.20. The Morgan fingerprint density at radius 2 is 2.22 bits per heavy atom. The highest BCUT2D eigenvalue weighted by Crippen LogP contribution is 2.26. The predicted octanol–water partition coefficient (Wildman–Crippen LogP) is 2.93. The molecule has 0 amide bonds. The Morgan fingerprint density at radius 1 is 1.44 bits per heavy atom. The van der Waals surface area contributed by atoms with E-state index in [1.54, 1.807) is 0 Å². The van der Waals surface area contributed by atoms with Crippen molar-refractivity contribution >= 4 is 11.3 Å². The first kappa shape index (κ1) is 14.0. The number of rotatable bonds is 4. The van der Waals surface area contributed by atoms with Crippen molar-refractivity contribution in [1.82, 2.24) is 10.3 Å². The van der Waals surface area contributed by atoms with Crippen LogP contribution in [0.3, 0.4) is 0 Å². The molecule has 0 spiro atoms. The number of hydrogen-bond acceptors (Lipinski definition) is 4. The normalized spacial score (nSPS) is 26.2. The van der Waals surface area contributed by atoms with Gasteiger partial charge >= 0.3 is 0 Å². The Labute approximate surface area is 114 Å². The van der Waals surface area contributed by atoms with E-state index in [9.17, 15) is 0 Å². The standard InChI is InChI=1S/C14H25N3S/c1-9(14-10(2)17-11(3)18-14)16-8-12-5-4-6-13(15)7-12/h9,12-13,16H,4-8,15H2,1-3H3. The maximum Gasteiger partial charge on any atom is 0.0900 e. The molecule has 3 atom stereocenters. The van der Waals surface area contributed by atoms with Crippen LogP contribution in [-0.4, -0.2) is 17.6 Å². The molecule has 0 radical (unpaired) electrons. The van der Waals surface area contributed by atoms with E-state index in [1.807, 2.05) is 11.3 Å². The van der Waals surface area contributed by atoms with Gasteiger partial charge in [-0.3, -0.25) is 0 Å². The van der Waals surface area contributed by atoms with E-state index in [-0.39, 0.29) is 0 Å². The summed E-state index contributed by atoms with van der Waals surface area (Å²) in [4.78, 5) is 5.88. The predicted molar refractivity (Wildman–Crippen MR) is 77.9 cm³/mol. The Balaban J connectivity index is 1.84. The molecule has 0 bridgehead atoms. The molecule has 3 N–H and O–H groups in total. The SMILES string of the molecule is Cc1nc(C)c(C(C)NCC2CCCC(N)C2)s1. The third kappa shape index (κ3) is 3.53. The smallest absolute Gasteiger partial charge is 0.0900 e. The molecular weight excluding hydrogens is 242 g/mol. The van der Waals surface area contributed by atoms with Gasteiger partial charge in [0.05, 0.1) is 10.7 Å². The number of nitrogens with zero attached hydrogens (tertiary/aromatic N) is 1. The van der Waals surface area contributed by atoms with Gasteiger partial charge in [0, 0.05) is 17.0 Å². The number of nitrogens with one attached hydrogen (secondary N) is 1. The van der Waals surface area contributed by atoms with Gasteiger partial charge in [-0.25, -0.2) is 4.98 Å². The van der Waals surface area contributed by atoms with Crippen molar-refractivity contribution in [1.29, 1.82) is 0 Å². The maximum absolute atomic E-state index is 6.03. The summed E-state index contributed by atoms with van der Waals surface area (Å²) in [5.74, 6) is 0.755. The molecule has 0 saturated heterocycles. The second kappa shape index (κ2) is 6.13. The molecule has 4 heteroatoms. The third-order valence-electron chi connectivity index (χ3n) is 3.87. The molecule has 102 valence electrons. The Hall–Kier alpha value is -0.450. The van der Waals surface area contributed by atoms with E-state index in [0.717, 1.165) is 17.5 Å². The first-order valence-electron chi connectivity index (χ1n) is 6.99. The van der Waals surface area contributed by atoms with Crippen LogP contribution in [-0.2, 0) is 0 Å². The third-order valence-corrected chi connectivity index (χ3v) is 5.12. The van der Waals surface area contributed by atoms with Crippen LogP contribution in [0.5, 0.6) is 0 Å². The Kier molecular flexibility index (Phi) is 4.76. The molecule has 1 aliphatic carbocycles.